The molecule has 9 heteroatoms. The van der Waals surface area contributed by atoms with Crippen LogP contribution in [0.3, 0.4) is 0 Å². The number of para-hydroxylation sites is 1. The second-order valence-corrected chi connectivity index (χ2v) is 13.9. The molecule has 6 atom stereocenters. The topological polar surface area (TPSA) is 87.2 Å². The highest BCUT2D eigenvalue weighted by atomic mass is 35.5. The van der Waals surface area contributed by atoms with E-state index in [2.05, 4.69) is 13.2 Å². The number of rotatable bonds is 14. The summed E-state index contributed by atoms with van der Waals surface area (Å²) < 4.78 is 4.92. The lowest BCUT2D eigenvalue weighted by Gasteiger charge is -2.40. The Morgan fingerprint density at radius 1 is 1.18 bits per heavy atom. The van der Waals surface area contributed by atoms with Crippen molar-refractivity contribution in [2.45, 2.75) is 67.5 Å². The van der Waals surface area contributed by atoms with Gasteiger partial charge in [0, 0.05) is 11.8 Å². The minimum atomic E-state index is -0.906. The maximum absolute atomic E-state index is 14.9. The first-order chi connectivity index (χ1) is 21.3. The number of nitrogens with zero attached hydrogens (tertiary/aromatic N) is 2. The minimum Gasteiger partial charge on any atom is -0.465 e. The molecule has 0 radical (unpaired) electrons. The van der Waals surface area contributed by atoms with Crippen molar-refractivity contribution in [1.82, 2.24) is 4.90 Å². The Hall–Kier alpha value is -3.07. The third kappa shape index (κ3) is 5.84. The van der Waals surface area contributed by atoms with Crippen molar-refractivity contribution in [2.75, 3.05) is 24.7 Å². The molecule has 3 saturated heterocycles. The van der Waals surface area contributed by atoms with Crippen molar-refractivity contribution >= 4 is 46.8 Å². The van der Waals surface area contributed by atoms with Gasteiger partial charge >= 0.3 is 5.97 Å². The van der Waals surface area contributed by atoms with Gasteiger partial charge in [0.1, 0.15) is 6.04 Å². The Labute approximate surface area is 269 Å². The van der Waals surface area contributed by atoms with Gasteiger partial charge in [0.15, 0.2) is 0 Å². The van der Waals surface area contributed by atoms with Gasteiger partial charge in [-0.2, -0.15) is 0 Å². The van der Waals surface area contributed by atoms with Crippen molar-refractivity contribution in [3.63, 3.8) is 0 Å². The van der Waals surface area contributed by atoms with Gasteiger partial charge in [0.05, 0.1) is 46.5 Å². The van der Waals surface area contributed by atoms with Crippen LogP contribution >= 0.6 is 23.4 Å². The zero-order chi connectivity index (χ0) is 31.4. The third-order valence-electron chi connectivity index (χ3n) is 9.25. The number of allylic oxidation sites excluding steroid dienone is 1. The van der Waals surface area contributed by atoms with E-state index < -0.39 is 28.7 Å². The van der Waals surface area contributed by atoms with E-state index in [1.807, 2.05) is 55.5 Å². The summed E-state index contributed by atoms with van der Waals surface area (Å²) >= 11 is 8.27. The number of ether oxygens (including phenoxy) is 1. The number of fused-ring (bicyclic) bond motifs is 1. The van der Waals surface area contributed by atoms with Gasteiger partial charge in [0.25, 0.3) is 5.91 Å². The molecule has 2 aromatic carbocycles. The second-order valence-electron chi connectivity index (χ2n) is 11.9. The van der Waals surface area contributed by atoms with Crippen molar-refractivity contribution in [1.29, 1.82) is 0 Å². The highest BCUT2D eigenvalue weighted by Gasteiger charge is 2.75. The molecule has 2 unspecified atom stereocenters. The molecule has 2 aromatic rings. The summed E-state index contributed by atoms with van der Waals surface area (Å²) in [4.78, 5) is 46.4. The molecule has 44 heavy (non-hydrogen) atoms. The van der Waals surface area contributed by atoms with Crippen LogP contribution in [0, 0.1) is 18.8 Å². The van der Waals surface area contributed by atoms with E-state index >= 15 is 0 Å². The molecule has 1 spiro atoms. The first-order valence-corrected chi connectivity index (χ1v) is 16.6. The first-order valence-electron chi connectivity index (χ1n) is 15.4. The smallest absolute Gasteiger partial charge is 0.310 e. The number of benzene rings is 2. The number of anilines is 1. The van der Waals surface area contributed by atoms with Gasteiger partial charge in [-0.25, -0.2) is 0 Å². The largest absolute Gasteiger partial charge is 0.465 e. The second kappa shape index (κ2) is 13.9. The summed E-state index contributed by atoms with van der Waals surface area (Å²) in [5, 5.41) is 11.1. The van der Waals surface area contributed by atoms with Crippen molar-refractivity contribution in [3.8, 4) is 0 Å². The molecule has 7 nitrogen and oxygen atoms in total. The average molecular weight is 637 g/mol. The molecule has 2 amide bonds. The van der Waals surface area contributed by atoms with Crippen LogP contribution in [0.4, 0.5) is 5.69 Å². The summed E-state index contributed by atoms with van der Waals surface area (Å²) in [5.41, 5.74) is 2.34. The van der Waals surface area contributed by atoms with Crippen molar-refractivity contribution in [2.24, 2.45) is 11.8 Å². The molecule has 5 rings (SSSR count). The third-order valence-corrected chi connectivity index (χ3v) is 11.5. The van der Waals surface area contributed by atoms with Crippen LogP contribution in [0.5, 0.6) is 0 Å². The van der Waals surface area contributed by atoms with E-state index in [1.165, 1.54) is 0 Å². The van der Waals surface area contributed by atoms with Crippen LogP contribution in [0.15, 0.2) is 73.8 Å². The van der Waals surface area contributed by atoms with E-state index in [1.54, 1.807) is 33.7 Å². The summed E-state index contributed by atoms with van der Waals surface area (Å²) in [7, 11) is 0. The number of aliphatic hydroxyl groups is 1. The predicted octanol–water partition coefficient (Wildman–Crippen LogP) is 5.76. The molecule has 234 valence electrons. The van der Waals surface area contributed by atoms with Gasteiger partial charge in [-0.05, 0) is 62.6 Å². The van der Waals surface area contributed by atoms with E-state index in [0.717, 1.165) is 30.4 Å². The fourth-order valence-corrected chi connectivity index (χ4v) is 9.87. The fraction of sp³-hybridized carbons (Fsp3) is 0.457. The van der Waals surface area contributed by atoms with Crippen LogP contribution in [0.25, 0.3) is 0 Å². The number of esters is 1. The Bertz CT molecular complexity index is 1380. The lowest BCUT2D eigenvalue weighted by Crippen LogP contribution is -2.58. The number of amides is 2. The van der Waals surface area contributed by atoms with Crippen LogP contribution in [0.1, 0.15) is 43.2 Å². The normalized spacial score (nSPS) is 25.9. The van der Waals surface area contributed by atoms with Crippen molar-refractivity contribution < 1.29 is 24.2 Å². The molecule has 3 heterocycles. The number of carbonyl (C=O) groups excluding carboxylic acids is 3. The molecule has 0 aromatic heterocycles. The molecular formula is C35H41ClN2O5S. The molecule has 2 bridgehead atoms. The Kier molecular flexibility index (Phi) is 10.2. The van der Waals surface area contributed by atoms with E-state index in [0.29, 0.717) is 30.0 Å². The number of aliphatic hydroxyl groups excluding tert-OH is 1. The standard InChI is InChI=1S/C35H41ClN2O5S/c1-4-6-7-11-20-43-34(42)28-27-17-18-35(44-27)29(28)32(40)38(25(22-39)21-24-14-9-8-10-15-24)31(35)33(41)37(19-5-2)30-23(3)13-12-16-26(30)36/h4-5,8-10,12-16,25,27-29,31,39H,1-2,6-7,11,17-22H2,3H3/t25-,27+,28-,29+,31?,35?/m1/s1. The quantitative estimate of drug-likeness (QED) is 0.161. The summed E-state index contributed by atoms with van der Waals surface area (Å²) in [6, 6.07) is 13.5. The predicted molar refractivity (Wildman–Crippen MR) is 176 cm³/mol. The highest BCUT2D eigenvalue weighted by molar-refractivity contribution is 8.02. The molecule has 3 aliphatic rings. The average Bonchev–Trinajstić information content (AvgIpc) is 3.66. The first kappa shape index (κ1) is 32.3. The fourth-order valence-electron chi connectivity index (χ4n) is 7.36. The number of thioether (sulfide) groups is 1. The van der Waals surface area contributed by atoms with Gasteiger partial charge in [0.2, 0.25) is 5.91 Å². The summed E-state index contributed by atoms with van der Waals surface area (Å²) in [6.45, 7) is 9.68. The molecule has 1 N–H and O–H groups in total. The van der Waals surface area contributed by atoms with Gasteiger partial charge in [-0.15, -0.1) is 24.9 Å². The monoisotopic (exact) mass is 636 g/mol. The maximum atomic E-state index is 14.9. The molecule has 3 aliphatic heterocycles. The zero-order valence-electron chi connectivity index (χ0n) is 25.2. The molecule has 0 aliphatic carbocycles. The number of halogens is 1. The van der Waals surface area contributed by atoms with Crippen LogP contribution < -0.4 is 4.90 Å². The zero-order valence-corrected chi connectivity index (χ0v) is 26.8. The molecule has 0 saturated carbocycles. The molecular weight excluding hydrogens is 596 g/mol. The van der Waals surface area contributed by atoms with Crippen LogP contribution in [-0.2, 0) is 25.5 Å². The van der Waals surface area contributed by atoms with Crippen LogP contribution in [-0.4, -0.2) is 69.6 Å². The Morgan fingerprint density at radius 3 is 2.64 bits per heavy atom. The van der Waals surface area contributed by atoms with E-state index in [4.69, 9.17) is 16.3 Å². The number of unbranched alkanes of at least 4 members (excludes halogenated alkanes) is 2. The van der Waals surface area contributed by atoms with Gasteiger partial charge < -0.3 is 19.6 Å². The maximum Gasteiger partial charge on any atom is 0.310 e. The summed E-state index contributed by atoms with van der Waals surface area (Å²) in [5.74, 6) is -2.29. The van der Waals surface area contributed by atoms with Gasteiger partial charge in [-0.3, -0.25) is 14.4 Å². The Morgan fingerprint density at radius 2 is 1.95 bits per heavy atom. The van der Waals surface area contributed by atoms with E-state index in [-0.39, 0.29) is 42.8 Å². The number of hydrogen-bond donors (Lipinski definition) is 1. The van der Waals surface area contributed by atoms with Crippen molar-refractivity contribution in [3.05, 3.63) is 90.0 Å². The SMILES string of the molecule is C=CCCCCOC(=O)[C@@H]1[C@@H]2CCC3(S2)C(C(=O)N(CC=C)c2c(C)cccc2Cl)N([C@@H](CO)Cc2ccccc2)C(=O)[C@H]13. The van der Waals surface area contributed by atoms with Gasteiger partial charge in [-0.1, -0.05) is 66.2 Å². The minimum absolute atomic E-state index is 0.112. The lowest BCUT2D eigenvalue weighted by molar-refractivity contribution is -0.154. The number of hydrogen-bond acceptors (Lipinski definition) is 6. The number of aryl methyl sites for hydroxylation is 1. The summed E-state index contributed by atoms with van der Waals surface area (Å²) in [6.07, 6.45) is 7.61. The molecule has 3 fully saturated rings. The highest BCUT2D eigenvalue weighted by Crippen LogP contribution is 2.67. The van der Waals surface area contributed by atoms with Crippen LogP contribution in [0.2, 0.25) is 5.02 Å². The number of carbonyl (C=O) groups is 3. The lowest BCUT2D eigenvalue weighted by atomic mass is 9.71. The Balaban J connectivity index is 1.55. The van der Waals surface area contributed by atoms with E-state index in [9.17, 15) is 19.5 Å². The number of likely N-dealkylation sites (tertiary alicyclic amines) is 1.